The van der Waals surface area contributed by atoms with Crippen molar-refractivity contribution in [3.8, 4) is 0 Å². The smallest absolute Gasteiger partial charge is 0.137 e. The summed E-state index contributed by atoms with van der Waals surface area (Å²) in [7, 11) is 0. The molecule has 4 nitrogen and oxygen atoms in total. The first kappa shape index (κ1) is 12.7. The molecule has 1 aromatic rings. The van der Waals surface area contributed by atoms with Crippen LogP contribution in [-0.2, 0) is 6.42 Å². The van der Waals surface area contributed by atoms with Gasteiger partial charge in [0.1, 0.15) is 18.0 Å². The van der Waals surface area contributed by atoms with E-state index in [-0.39, 0.29) is 0 Å². The lowest BCUT2D eigenvalue weighted by atomic mass is 10.2. The van der Waals surface area contributed by atoms with Gasteiger partial charge in [-0.15, -0.1) is 0 Å². The molecule has 0 amide bonds. The van der Waals surface area contributed by atoms with Gasteiger partial charge in [0.2, 0.25) is 0 Å². The van der Waals surface area contributed by atoms with E-state index in [1.54, 1.807) is 6.33 Å². The van der Waals surface area contributed by atoms with Crippen LogP contribution in [0.15, 0.2) is 6.33 Å². The normalized spacial score (nSPS) is 18.4. The van der Waals surface area contributed by atoms with Crippen molar-refractivity contribution in [2.24, 2.45) is 5.92 Å². The maximum Gasteiger partial charge on any atom is 0.137 e. The second-order valence-corrected chi connectivity index (χ2v) is 5.74. The molecule has 1 aromatic heterocycles. The van der Waals surface area contributed by atoms with Gasteiger partial charge in [-0.25, -0.2) is 9.97 Å². The fourth-order valence-electron chi connectivity index (χ4n) is 2.67. The molecule has 2 saturated carbocycles. The van der Waals surface area contributed by atoms with Crippen LogP contribution in [0.4, 0.5) is 11.6 Å². The average molecular weight is 260 g/mol. The summed E-state index contributed by atoms with van der Waals surface area (Å²) in [5.74, 6) is 3.11. The van der Waals surface area contributed by atoms with Crippen LogP contribution in [0.2, 0.25) is 0 Å². The van der Waals surface area contributed by atoms with Gasteiger partial charge in [-0.2, -0.15) is 0 Å². The molecule has 0 aliphatic heterocycles. The Hall–Kier alpha value is -1.32. The highest BCUT2D eigenvalue weighted by Gasteiger charge is 2.35. The third kappa shape index (κ3) is 2.82. The Labute approximate surface area is 115 Å². The lowest BCUT2D eigenvalue weighted by Gasteiger charge is -2.26. The van der Waals surface area contributed by atoms with Gasteiger partial charge in [-0.1, -0.05) is 6.92 Å². The summed E-state index contributed by atoms with van der Waals surface area (Å²) in [6, 6.07) is 0.732. The van der Waals surface area contributed by atoms with Crippen LogP contribution in [0.5, 0.6) is 0 Å². The largest absolute Gasteiger partial charge is 0.370 e. The molecule has 2 fully saturated rings. The number of nitrogens with zero attached hydrogens (tertiary/aromatic N) is 3. The molecule has 2 aliphatic carbocycles. The van der Waals surface area contributed by atoms with Gasteiger partial charge in [0.05, 0.1) is 0 Å². The Morgan fingerprint density at radius 3 is 2.58 bits per heavy atom. The first-order valence-corrected chi connectivity index (χ1v) is 7.67. The maximum atomic E-state index is 4.61. The Balaban J connectivity index is 1.89. The molecular weight excluding hydrogens is 236 g/mol. The summed E-state index contributed by atoms with van der Waals surface area (Å²) in [4.78, 5) is 11.6. The summed E-state index contributed by atoms with van der Waals surface area (Å²) >= 11 is 0. The molecule has 1 heterocycles. The molecule has 4 heteroatoms. The van der Waals surface area contributed by atoms with E-state index in [9.17, 15) is 0 Å². The van der Waals surface area contributed by atoms with E-state index in [1.165, 1.54) is 43.6 Å². The third-order valence-corrected chi connectivity index (χ3v) is 4.03. The molecule has 0 bridgehead atoms. The first-order valence-electron chi connectivity index (χ1n) is 7.67. The minimum absolute atomic E-state index is 0.732. The van der Waals surface area contributed by atoms with Crippen molar-refractivity contribution in [1.29, 1.82) is 0 Å². The van der Waals surface area contributed by atoms with Crippen LogP contribution >= 0.6 is 0 Å². The summed E-state index contributed by atoms with van der Waals surface area (Å²) < 4.78 is 0. The van der Waals surface area contributed by atoms with Crippen molar-refractivity contribution in [3.05, 3.63) is 11.9 Å². The van der Waals surface area contributed by atoms with Crippen LogP contribution in [0, 0.1) is 5.92 Å². The van der Waals surface area contributed by atoms with Gasteiger partial charge in [0, 0.05) is 24.7 Å². The highest BCUT2D eigenvalue weighted by molar-refractivity contribution is 5.59. The molecule has 0 unspecified atom stereocenters. The predicted molar refractivity (Wildman–Crippen MR) is 78.7 cm³/mol. The van der Waals surface area contributed by atoms with Gasteiger partial charge >= 0.3 is 0 Å². The number of rotatable bonds is 7. The van der Waals surface area contributed by atoms with E-state index in [4.69, 9.17) is 0 Å². The third-order valence-electron chi connectivity index (χ3n) is 4.03. The Morgan fingerprint density at radius 2 is 2.00 bits per heavy atom. The Morgan fingerprint density at radius 1 is 1.21 bits per heavy atom. The molecule has 0 saturated heterocycles. The molecule has 2 aliphatic rings. The second-order valence-electron chi connectivity index (χ2n) is 5.74. The van der Waals surface area contributed by atoms with Gasteiger partial charge < -0.3 is 10.2 Å². The quantitative estimate of drug-likeness (QED) is 0.818. The zero-order valence-electron chi connectivity index (χ0n) is 12.0. The highest BCUT2D eigenvalue weighted by atomic mass is 15.2. The van der Waals surface area contributed by atoms with E-state index in [0.29, 0.717) is 0 Å². The number of nitrogens with one attached hydrogen (secondary N) is 1. The first-order chi connectivity index (χ1) is 9.33. The van der Waals surface area contributed by atoms with Crippen molar-refractivity contribution in [2.45, 2.75) is 52.0 Å². The minimum Gasteiger partial charge on any atom is -0.370 e. The van der Waals surface area contributed by atoms with Gasteiger partial charge in [-0.05, 0) is 44.9 Å². The van der Waals surface area contributed by atoms with Gasteiger partial charge in [0.15, 0.2) is 0 Å². The van der Waals surface area contributed by atoms with Gasteiger partial charge in [0.25, 0.3) is 0 Å². The van der Waals surface area contributed by atoms with Crippen molar-refractivity contribution in [3.63, 3.8) is 0 Å². The zero-order valence-corrected chi connectivity index (χ0v) is 12.0. The van der Waals surface area contributed by atoms with Crippen molar-refractivity contribution in [2.75, 3.05) is 23.3 Å². The molecular formula is C15H24N4. The minimum atomic E-state index is 0.732. The monoisotopic (exact) mass is 260 g/mol. The van der Waals surface area contributed by atoms with Crippen molar-refractivity contribution in [1.82, 2.24) is 9.97 Å². The summed E-state index contributed by atoms with van der Waals surface area (Å²) in [5, 5.41) is 3.37. The van der Waals surface area contributed by atoms with Crippen molar-refractivity contribution >= 4 is 11.6 Å². The van der Waals surface area contributed by atoms with Crippen LogP contribution in [0.1, 0.15) is 45.1 Å². The maximum absolute atomic E-state index is 4.61. The lowest BCUT2D eigenvalue weighted by molar-refractivity contribution is 0.702. The van der Waals surface area contributed by atoms with E-state index < -0.39 is 0 Å². The fourth-order valence-corrected chi connectivity index (χ4v) is 2.67. The SMILES string of the molecule is CCNc1ncnc(N(CC2CC2)C2CC2)c1CC. The molecule has 3 rings (SSSR count). The number of anilines is 2. The van der Waals surface area contributed by atoms with Crippen LogP contribution in [0.25, 0.3) is 0 Å². The second kappa shape index (κ2) is 5.35. The summed E-state index contributed by atoms with van der Waals surface area (Å²) in [5.41, 5.74) is 1.29. The van der Waals surface area contributed by atoms with E-state index >= 15 is 0 Å². The summed E-state index contributed by atoms with van der Waals surface area (Å²) in [6.07, 6.45) is 8.17. The van der Waals surface area contributed by atoms with Crippen LogP contribution in [0.3, 0.4) is 0 Å². The molecule has 19 heavy (non-hydrogen) atoms. The zero-order chi connectivity index (χ0) is 13.2. The number of hydrogen-bond acceptors (Lipinski definition) is 4. The lowest BCUT2D eigenvalue weighted by Crippen LogP contribution is -2.30. The van der Waals surface area contributed by atoms with E-state index in [1.807, 2.05) is 0 Å². The topological polar surface area (TPSA) is 41.1 Å². The standard InChI is InChI=1S/C15H24N4/c1-3-13-14(16-4-2)17-10-18-15(13)19(12-7-8-12)9-11-5-6-11/h10-12H,3-9H2,1-2H3,(H,16,17,18). The van der Waals surface area contributed by atoms with Crippen LogP contribution < -0.4 is 10.2 Å². The molecule has 0 aromatic carbocycles. The molecule has 0 radical (unpaired) electrons. The highest BCUT2D eigenvalue weighted by Crippen LogP contribution is 2.39. The fraction of sp³-hybridized carbons (Fsp3) is 0.733. The number of hydrogen-bond donors (Lipinski definition) is 1. The molecule has 0 spiro atoms. The Bertz CT molecular complexity index is 438. The number of aromatic nitrogens is 2. The van der Waals surface area contributed by atoms with E-state index in [0.717, 1.165) is 30.7 Å². The predicted octanol–water partition coefficient (Wildman–Crippen LogP) is 2.85. The van der Waals surface area contributed by atoms with Crippen LogP contribution in [-0.4, -0.2) is 29.1 Å². The molecule has 0 atom stereocenters. The van der Waals surface area contributed by atoms with E-state index in [2.05, 4.69) is 34.0 Å². The molecule has 104 valence electrons. The summed E-state index contributed by atoms with van der Waals surface area (Å²) in [6.45, 7) is 6.42. The molecule has 1 N–H and O–H groups in total. The average Bonchev–Trinajstić information content (AvgIpc) is 3.28. The Kier molecular flexibility index (Phi) is 3.58. The van der Waals surface area contributed by atoms with Crippen molar-refractivity contribution < 1.29 is 0 Å². The van der Waals surface area contributed by atoms with Gasteiger partial charge in [-0.3, -0.25) is 0 Å².